The first-order chi connectivity index (χ1) is 10.8. The molecular formula is C16H19N5O. The molecule has 22 heavy (non-hydrogen) atoms. The van der Waals surface area contributed by atoms with E-state index in [1.807, 2.05) is 32.2 Å². The summed E-state index contributed by atoms with van der Waals surface area (Å²) in [5.74, 6) is 0.691. The molecule has 0 saturated heterocycles. The summed E-state index contributed by atoms with van der Waals surface area (Å²) in [7, 11) is 0. The molecule has 0 aliphatic carbocycles. The van der Waals surface area contributed by atoms with E-state index in [1.165, 1.54) is 0 Å². The van der Waals surface area contributed by atoms with Crippen molar-refractivity contribution >= 4 is 11.0 Å². The normalized spacial score (nSPS) is 11.0. The highest BCUT2D eigenvalue weighted by Gasteiger charge is 2.06. The fourth-order valence-electron chi connectivity index (χ4n) is 2.33. The van der Waals surface area contributed by atoms with Crippen molar-refractivity contribution in [3.8, 4) is 5.88 Å². The highest BCUT2D eigenvalue weighted by atomic mass is 16.5. The van der Waals surface area contributed by atoms with Crippen LogP contribution >= 0.6 is 0 Å². The van der Waals surface area contributed by atoms with Gasteiger partial charge in [0.2, 0.25) is 5.88 Å². The van der Waals surface area contributed by atoms with Gasteiger partial charge in [-0.2, -0.15) is 5.10 Å². The lowest BCUT2D eigenvalue weighted by Gasteiger charge is -2.09. The molecule has 3 heterocycles. The Bertz CT molecular complexity index is 768. The number of H-pyrrole nitrogens is 1. The van der Waals surface area contributed by atoms with Gasteiger partial charge in [0.25, 0.3) is 0 Å². The van der Waals surface area contributed by atoms with Gasteiger partial charge in [-0.25, -0.2) is 9.97 Å². The smallest absolute Gasteiger partial charge is 0.217 e. The minimum atomic E-state index is 0.615. The van der Waals surface area contributed by atoms with E-state index < -0.39 is 0 Å². The van der Waals surface area contributed by atoms with Gasteiger partial charge >= 0.3 is 0 Å². The molecule has 3 rings (SSSR count). The predicted octanol–water partition coefficient (Wildman–Crippen LogP) is 2.35. The molecule has 0 bridgehead atoms. The van der Waals surface area contributed by atoms with E-state index in [0.717, 1.165) is 34.4 Å². The maximum Gasteiger partial charge on any atom is 0.217 e. The van der Waals surface area contributed by atoms with E-state index >= 15 is 0 Å². The van der Waals surface area contributed by atoms with Gasteiger partial charge in [0, 0.05) is 42.1 Å². The van der Waals surface area contributed by atoms with Crippen LogP contribution in [0.5, 0.6) is 5.88 Å². The van der Waals surface area contributed by atoms with Crippen molar-refractivity contribution in [2.45, 2.75) is 26.9 Å². The quantitative estimate of drug-likeness (QED) is 0.730. The van der Waals surface area contributed by atoms with E-state index in [-0.39, 0.29) is 0 Å². The Balaban J connectivity index is 1.66. The van der Waals surface area contributed by atoms with Crippen LogP contribution in [0.3, 0.4) is 0 Å². The van der Waals surface area contributed by atoms with Crippen molar-refractivity contribution < 1.29 is 4.74 Å². The molecular weight excluding hydrogens is 278 g/mol. The van der Waals surface area contributed by atoms with Crippen LogP contribution < -0.4 is 10.1 Å². The SMILES string of the molecule is CCOc1ncccc1CNCc1cnc2n[nH]c(C)c2c1. The number of pyridine rings is 2. The number of hydrogen-bond acceptors (Lipinski definition) is 5. The van der Waals surface area contributed by atoms with Crippen LogP contribution in [0.25, 0.3) is 11.0 Å². The van der Waals surface area contributed by atoms with Gasteiger partial charge < -0.3 is 10.1 Å². The van der Waals surface area contributed by atoms with Crippen LogP contribution in [0.2, 0.25) is 0 Å². The Labute approximate surface area is 128 Å². The second kappa shape index (κ2) is 6.53. The van der Waals surface area contributed by atoms with Gasteiger partial charge in [0.1, 0.15) is 0 Å². The molecule has 2 N–H and O–H groups in total. The van der Waals surface area contributed by atoms with E-state index in [2.05, 4.69) is 31.5 Å². The molecule has 114 valence electrons. The summed E-state index contributed by atoms with van der Waals surface area (Å²) < 4.78 is 5.53. The van der Waals surface area contributed by atoms with E-state index in [1.54, 1.807) is 6.20 Å². The summed E-state index contributed by atoms with van der Waals surface area (Å²) in [5, 5.41) is 11.6. The van der Waals surface area contributed by atoms with Gasteiger partial charge in [0.15, 0.2) is 5.65 Å². The van der Waals surface area contributed by atoms with Crippen molar-refractivity contribution in [3.05, 3.63) is 47.4 Å². The minimum absolute atomic E-state index is 0.615. The van der Waals surface area contributed by atoms with Gasteiger partial charge in [-0.1, -0.05) is 6.07 Å². The van der Waals surface area contributed by atoms with Crippen LogP contribution in [0.15, 0.2) is 30.6 Å². The summed E-state index contributed by atoms with van der Waals surface area (Å²) in [6.07, 6.45) is 3.59. The standard InChI is InChI=1S/C16H19N5O/c1-3-22-16-13(5-4-6-18-16)10-17-8-12-7-14-11(2)20-21-15(14)19-9-12/h4-7,9,17H,3,8,10H2,1-2H3,(H,19,20,21). The molecule has 3 aromatic rings. The predicted molar refractivity (Wildman–Crippen MR) is 84.6 cm³/mol. The number of fused-ring (bicyclic) bond motifs is 1. The number of rotatable bonds is 6. The van der Waals surface area contributed by atoms with Crippen molar-refractivity contribution in [2.24, 2.45) is 0 Å². The third kappa shape index (κ3) is 3.07. The third-order valence-corrected chi connectivity index (χ3v) is 3.43. The van der Waals surface area contributed by atoms with Crippen LogP contribution in [-0.4, -0.2) is 26.8 Å². The lowest BCUT2D eigenvalue weighted by atomic mass is 10.2. The zero-order valence-electron chi connectivity index (χ0n) is 12.8. The van der Waals surface area contributed by atoms with E-state index in [9.17, 15) is 0 Å². The summed E-state index contributed by atoms with van der Waals surface area (Å²) in [5.41, 5.74) is 3.97. The largest absolute Gasteiger partial charge is 0.478 e. The van der Waals surface area contributed by atoms with Crippen molar-refractivity contribution in [3.63, 3.8) is 0 Å². The Morgan fingerprint density at radius 1 is 1.27 bits per heavy atom. The molecule has 6 heteroatoms. The van der Waals surface area contributed by atoms with Crippen molar-refractivity contribution in [2.75, 3.05) is 6.61 Å². The molecule has 3 aromatic heterocycles. The lowest BCUT2D eigenvalue weighted by Crippen LogP contribution is -2.14. The molecule has 0 aromatic carbocycles. The van der Waals surface area contributed by atoms with Gasteiger partial charge in [0.05, 0.1) is 6.61 Å². The second-order valence-electron chi connectivity index (χ2n) is 5.07. The first-order valence-electron chi connectivity index (χ1n) is 7.35. The van der Waals surface area contributed by atoms with Crippen LogP contribution in [0.1, 0.15) is 23.7 Å². The van der Waals surface area contributed by atoms with Gasteiger partial charge in [-0.15, -0.1) is 0 Å². The molecule has 0 aliphatic heterocycles. The number of aromatic nitrogens is 4. The van der Waals surface area contributed by atoms with Crippen molar-refractivity contribution in [1.29, 1.82) is 0 Å². The molecule has 0 amide bonds. The topological polar surface area (TPSA) is 75.7 Å². The summed E-state index contributed by atoms with van der Waals surface area (Å²) in [6.45, 7) is 6.00. The molecule has 0 spiro atoms. The van der Waals surface area contributed by atoms with Gasteiger partial charge in [-0.3, -0.25) is 5.10 Å². The first kappa shape index (κ1) is 14.5. The van der Waals surface area contributed by atoms with Crippen LogP contribution in [0, 0.1) is 6.92 Å². The third-order valence-electron chi connectivity index (χ3n) is 3.43. The highest BCUT2D eigenvalue weighted by Crippen LogP contribution is 2.16. The summed E-state index contributed by atoms with van der Waals surface area (Å²) in [6, 6.07) is 6.05. The van der Waals surface area contributed by atoms with Crippen LogP contribution in [0.4, 0.5) is 0 Å². The fourth-order valence-corrected chi connectivity index (χ4v) is 2.33. The average molecular weight is 297 g/mol. The number of nitrogens with one attached hydrogen (secondary N) is 2. The Kier molecular flexibility index (Phi) is 4.29. The van der Waals surface area contributed by atoms with E-state index in [0.29, 0.717) is 19.0 Å². The second-order valence-corrected chi connectivity index (χ2v) is 5.07. The minimum Gasteiger partial charge on any atom is -0.478 e. The average Bonchev–Trinajstić information content (AvgIpc) is 2.90. The Hall–Kier alpha value is -2.47. The van der Waals surface area contributed by atoms with Gasteiger partial charge in [-0.05, 0) is 31.5 Å². The zero-order valence-corrected chi connectivity index (χ0v) is 12.8. The molecule has 0 saturated carbocycles. The Morgan fingerprint density at radius 3 is 3.05 bits per heavy atom. The molecule has 0 atom stereocenters. The Morgan fingerprint density at radius 2 is 2.18 bits per heavy atom. The number of nitrogens with zero attached hydrogens (tertiary/aromatic N) is 3. The molecule has 0 unspecified atom stereocenters. The van der Waals surface area contributed by atoms with Crippen molar-refractivity contribution in [1.82, 2.24) is 25.5 Å². The molecule has 0 fully saturated rings. The molecule has 0 aliphatic rings. The molecule has 6 nitrogen and oxygen atoms in total. The monoisotopic (exact) mass is 297 g/mol. The van der Waals surface area contributed by atoms with Crippen LogP contribution in [-0.2, 0) is 13.1 Å². The first-order valence-corrected chi connectivity index (χ1v) is 7.35. The number of hydrogen-bond donors (Lipinski definition) is 2. The number of aromatic amines is 1. The zero-order chi connectivity index (χ0) is 15.4. The number of aryl methyl sites for hydroxylation is 1. The fraction of sp³-hybridized carbons (Fsp3) is 0.312. The summed E-state index contributed by atoms with van der Waals surface area (Å²) >= 11 is 0. The highest BCUT2D eigenvalue weighted by molar-refractivity contribution is 5.77. The molecule has 0 radical (unpaired) electrons. The number of ether oxygens (including phenoxy) is 1. The maximum absolute atomic E-state index is 5.53. The summed E-state index contributed by atoms with van der Waals surface area (Å²) in [4.78, 5) is 8.61. The maximum atomic E-state index is 5.53. The lowest BCUT2D eigenvalue weighted by molar-refractivity contribution is 0.322. The van der Waals surface area contributed by atoms with E-state index in [4.69, 9.17) is 4.74 Å².